The van der Waals surface area contributed by atoms with Gasteiger partial charge in [-0.3, -0.25) is 0 Å². The fourth-order valence-electron chi connectivity index (χ4n) is 2.08. The lowest BCUT2D eigenvalue weighted by atomic mass is 10.00. The van der Waals surface area contributed by atoms with Crippen molar-refractivity contribution in [3.05, 3.63) is 63.4 Å². The zero-order valence-electron chi connectivity index (χ0n) is 11.4. The Kier molecular flexibility index (Phi) is 4.78. The minimum atomic E-state index is -0.706. The van der Waals surface area contributed by atoms with Crippen molar-refractivity contribution in [2.75, 3.05) is 7.11 Å². The second-order valence-corrected chi connectivity index (χ2v) is 5.45. The minimum Gasteiger partial charge on any atom is -0.496 e. The van der Waals surface area contributed by atoms with Crippen LogP contribution in [0.25, 0.3) is 0 Å². The van der Waals surface area contributed by atoms with E-state index in [2.05, 4.69) is 15.9 Å². The molecule has 0 spiro atoms. The summed E-state index contributed by atoms with van der Waals surface area (Å²) in [7, 11) is 1.60. The van der Waals surface area contributed by atoms with Crippen molar-refractivity contribution in [1.29, 1.82) is 0 Å². The van der Waals surface area contributed by atoms with E-state index in [0.717, 1.165) is 22.4 Å². The van der Waals surface area contributed by atoms with Crippen LogP contribution in [-0.4, -0.2) is 12.2 Å². The van der Waals surface area contributed by atoms with E-state index in [1.54, 1.807) is 19.2 Å². The molecule has 0 amide bonds. The van der Waals surface area contributed by atoms with Gasteiger partial charge in [0, 0.05) is 6.42 Å². The number of hydrogen-bond acceptors (Lipinski definition) is 2. The van der Waals surface area contributed by atoms with Crippen LogP contribution in [0.5, 0.6) is 5.75 Å². The highest BCUT2D eigenvalue weighted by Crippen LogP contribution is 2.28. The van der Waals surface area contributed by atoms with Gasteiger partial charge in [0.25, 0.3) is 0 Å². The van der Waals surface area contributed by atoms with Crippen molar-refractivity contribution < 1.29 is 14.2 Å². The van der Waals surface area contributed by atoms with Crippen molar-refractivity contribution in [2.45, 2.75) is 19.4 Å². The number of aliphatic hydroxyl groups is 1. The number of aryl methyl sites for hydroxylation is 1. The summed E-state index contributed by atoms with van der Waals surface area (Å²) in [5, 5.41) is 10.3. The topological polar surface area (TPSA) is 29.5 Å². The van der Waals surface area contributed by atoms with Gasteiger partial charge in [0.1, 0.15) is 11.6 Å². The summed E-state index contributed by atoms with van der Waals surface area (Å²) in [4.78, 5) is 0. The van der Waals surface area contributed by atoms with Crippen LogP contribution in [0.2, 0.25) is 0 Å². The van der Waals surface area contributed by atoms with Crippen LogP contribution < -0.4 is 4.74 Å². The molecule has 0 radical (unpaired) electrons. The molecule has 0 aliphatic rings. The fraction of sp³-hybridized carbons (Fsp3) is 0.250. The zero-order valence-corrected chi connectivity index (χ0v) is 12.9. The lowest BCUT2D eigenvalue weighted by Crippen LogP contribution is -2.04. The lowest BCUT2D eigenvalue weighted by molar-refractivity contribution is 0.177. The molecule has 0 heterocycles. The van der Waals surface area contributed by atoms with Crippen LogP contribution in [0.1, 0.15) is 22.8 Å². The van der Waals surface area contributed by atoms with Crippen molar-refractivity contribution in [3.8, 4) is 5.75 Å². The van der Waals surface area contributed by atoms with Crippen LogP contribution in [-0.2, 0) is 6.42 Å². The first-order chi connectivity index (χ1) is 9.52. The summed E-state index contributed by atoms with van der Waals surface area (Å²) < 4.78 is 19.1. The van der Waals surface area contributed by atoms with Crippen molar-refractivity contribution in [1.82, 2.24) is 0 Å². The number of hydrogen-bond donors (Lipinski definition) is 1. The average Bonchev–Trinajstić information content (AvgIpc) is 2.44. The summed E-state index contributed by atoms with van der Waals surface area (Å²) in [6, 6.07) is 10.4. The van der Waals surface area contributed by atoms with Crippen molar-refractivity contribution in [3.63, 3.8) is 0 Å². The predicted octanol–water partition coefficient (Wildman–Crippen LogP) is 4.18. The Bertz CT molecular complexity index is 613. The quantitative estimate of drug-likeness (QED) is 0.905. The third-order valence-corrected chi connectivity index (χ3v) is 4.15. The Morgan fingerprint density at radius 2 is 2.05 bits per heavy atom. The Balaban J connectivity index is 2.24. The first-order valence-electron chi connectivity index (χ1n) is 6.28. The van der Waals surface area contributed by atoms with E-state index in [1.165, 1.54) is 6.07 Å². The van der Waals surface area contributed by atoms with Crippen LogP contribution >= 0.6 is 15.9 Å². The molecule has 0 bridgehead atoms. The molecular weight excluding hydrogens is 323 g/mol. The Morgan fingerprint density at radius 3 is 2.75 bits per heavy atom. The van der Waals surface area contributed by atoms with Gasteiger partial charge >= 0.3 is 0 Å². The molecule has 2 aromatic carbocycles. The normalized spacial score (nSPS) is 12.2. The number of aliphatic hydroxyl groups excluding tert-OH is 1. The minimum absolute atomic E-state index is 0.323. The van der Waals surface area contributed by atoms with Gasteiger partial charge < -0.3 is 9.84 Å². The van der Waals surface area contributed by atoms with Crippen LogP contribution in [0.3, 0.4) is 0 Å². The molecule has 0 aliphatic heterocycles. The summed E-state index contributed by atoms with van der Waals surface area (Å²) in [6.07, 6.45) is -0.368. The maximum absolute atomic E-state index is 13.5. The van der Waals surface area contributed by atoms with Gasteiger partial charge in [-0.15, -0.1) is 0 Å². The third kappa shape index (κ3) is 3.19. The summed E-state index contributed by atoms with van der Waals surface area (Å²) >= 11 is 3.21. The van der Waals surface area contributed by atoms with Gasteiger partial charge in [0.05, 0.1) is 17.7 Å². The van der Waals surface area contributed by atoms with E-state index in [4.69, 9.17) is 4.74 Å². The van der Waals surface area contributed by atoms with Gasteiger partial charge in [0.2, 0.25) is 0 Å². The van der Waals surface area contributed by atoms with Crippen LogP contribution in [0, 0.1) is 12.7 Å². The molecule has 2 aromatic rings. The monoisotopic (exact) mass is 338 g/mol. The molecule has 0 aliphatic carbocycles. The van der Waals surface area contributed by atoms with E-state index in [0.29, 0.717) is 10.9 Å². The lowest BCUT2D eigenvalue weighted by Gasteiger charge is -2.14. The molecule has 4 heteroatoms. The van der Waals surface area contributed by atoms with Crippen LogP contribution in [0.4, 0.5) is 4.39 Å². The second kappa shape index (κ2) is 6.37. The Hall–Kier alpha value is -1.39. The number of rotatable bonds is 4. The zero-order chi connectivity index (χ0) is 14.7. The molecule has 0 saturated carbocycles. The maximum Gasteiger partial charge on any atom is 0.137 e. The summed E-state index contributed by atoms with van der Waals surface area (Å²) in [5.74, 6) is 0.413. The molecule has 106 valence electrons. The SMILES string of the molecule is COc1cc(C(O)Cc2cccc(F)c2Br)ccc1C. The molecule has 0 saturated heterocycles. The fourth-order valence-corrected chi connectivity index (χ4v) is 2.50. The standard InChI is InChI=1S/C16H16BrFO2/c1-10-6-7-11(9-15(10)20-2)14(19)8-12-4-3-5-13(18)16(12)17/h3-7,9,14,19H,8H2,1-2H3. The molecule has 1 atom stereocenters. The van der Waals surface area contributed by atoms with Gasteiger partial charge in [-0.25, -0.2) is 4.39 Å². The highest BCUT2D eigenvalue weighted by molar-refractivity contribution is 9.10. The molecule has 2 nitrogen and oxygen atoms in total. The first kappa shape index (κ1) is 15.0. The number of methoxy groups -OCH3 is 1. The first-order valence-corrected chi connectivity index (χ1v) is 7.07. The Labute approximate surface area is 126 Å². The smallest absolute Gasteiger partial charge is 0.137 e. The van der Waals surface area contributed by atoms with Gasteiger partial charge in [0.15, 0.2) is 0 Å². The largest absolute Gasteiger partial charge is 0.496 e. The van der Waals surface area contributed by atoms with E-state index >= 15 is 0 Å². The molecule has 2 rings (SSSR count). The van der Waals surface area contributed by atoms with E-state index in [1.807, 2.05) is 25.1 Å². The summed E-state index contributed by atoms with van der Waals surface area (Å²) in [5.41, 5.74) is 2.50. The molecule has 0 fully saturated rings. The molecule has 0 aromatic heterocycles. The van der Waals surface area contributed by atoms with Crippen LogP contribution in [0.15, 0.2) is 40.9 Å². The summed E-state index contributed by atoms with van der Waals surface area (Å²) in [6.45, 7) is 1.94. The molecular formula is C16H16BrFO2. The Morgan fingerprint density at radius 1 is 1.30 bits per heavy atom. The average molecular weight is 339 g/mol. The van der Waals surface area contributed by atoms with E-state index in [-0.39, 0.29) is 5.82 Å². The van der Waals surface area contributed by atoms with Gasteiger partial charge in [-0.2, -0.15) is 0 Å². The van der Waals surface area contributed by atoms with Crippen molar-refractivity contribution >= 4 is 15.9 Å². The molecule has 20 heavy (non-hydrogen) atoms. The molecule has 1 N–H and O–H groups in total. The predicted molar refractivity (Wildman–Crippen MR) is 80.5 cm³/mol. The van der Waals surface area contributed by atoms with E-state index < -0.39 is 6.10 Å². The second-order valence-electron chi connectivity index (χ2n) is 4.66. The molecule has 1 unspecified atom stereocenters. The maximum atomic E-state index is 13.5. The third-order valence-electron chi connectivity index (χ3n) is 3.26. The number of halogens is 2. The number of benzene rings is 2. The highest BCUT2D eigenvalue weighted by atomic mass is 79.9. The van der Waals surface area contributed by atoms with Gasteiger partial charge in [-0.05, 0) is 51.7 Å². The van der Waals surface area contributed by atoms with Crippen molar-refractivity contribution in [2.24, 2.45) is 0 Å². The van der Waals surface area contributed by atoms with Gasteiger partial charge in [-0.1, -0.05) is 24.3 Å². The van der Waals surface area contributed by atoms with E-state index in [9.17, 15) is 9.50 Å². The highest BCUT2D eigenvalue weighted by Gasteiger charge is 2.14. The number of ether oxygens (including phenoxy) is 1.